The van der Waals surface area contributed by atoms with Gasteiger partial charge in [-0.2, -0.15) is 0 Å². The molecule has 0 aliphatic carbocycles. The topological polar surface area (TPSA) is 60.7 Å². The van der Waals surface area contributed by atoms with Crippen LogP contribution < -0.4 is 5.56 Å². The van der Waals surface area contributed by atoms with Gasteiger partial charge in [0.15, 0.2) is 0 Å². The zero-order chi connectivity index (χ0) is 11.8. The Morgan fingerprint density at radius 2 is 2.35 bits per heavy atom. The average Bonchev–Trinajstić information content (AvgIpc) is 2.92. The number of rotatable bonds is 2. The maximum absolute atomic E-state index is 12.1. The minimum absolute atomic E-state index is 0.0749. The fraction of sp³-hybridized carbons (Fsp3) is 0.111. The van der Waals surface area contributed by atoms with Gasteiger partial charge in [-0.05, 0) is 11.4 Å². The summed E-state index contributed by atoms with van der Waals surface area (Å²) in [5.41, 5.74) is 1.24. The third-order valence-electron chi connectivity index (χ3n) is 2.27. The van der Waals surface area contributed by atoms with Gasteiger partial charge in [-0.25, -0.2) is 4.98 Å². The van der Waals surface area contributed by atoms with Crippen LogP contribution in [0.1, 0.15) is 5.69 Å². The van der Waals surface area contributed by atoms with E-state index in [9.17, 15) is 4.79 Å². The highest BCUT2D eigenvalue weighted by Crippen LogP contribution is 2.18. The van der Waals surface area contributed by atoms with Crippen LogP contribution in [0.15, 0.2) is 22.6 Å². The Kier molecular flexibility index (Phi) is 2.65. The highest BCUT2D eigenvalue weighted by atomic mass is 35.5. The number of nitrogens with zero attached hydrogens (tertiary/aromatic N) is 4. The normalized spacial score (nSPS) is 11.1. The summed E-state index contributed by atoms with van der Waals surface area (Å²) < 4.78 is 6.36. The molecule has 0 saturated carbocycles. The van der Waals surface area contributed by atoms with Crippen LogP contribution in [0, 0.1) is 0 Å². The number of fused-ring (bicyclic) bond motifs is 1. The zero-order valence-electron chi connectivity index (χ0n) is 8.33. The largest absolute Gasteiger partial charge is 0.292 e. The van der Waals surface area contributed by atoms with Crippen LogP contribution in [0.2, 0.25) is 4.34 Å². The Labute approximate surface area is 108 Å². The predicted octanol–water partition coefficient (Wildman–Crippen LogP) is 2.01. The van der Waals surface area contributed by atoms with E-state index in [4.69, 9.17) is 11.6 Å². The van der Waals surface area contributed by atoms with Gasteiger partial charge in [-0.15, -0.1) is 16.4 Å². The van der Waals surface area contributed by atoms with E-state index in [-0.39, 0.29) is 5.56 Å². The second-order valence-electron chi connectivity index (χ2n) is 3.31. The molecule has 0 aromatic carbocycles. The first-order valence-electron chi connectivity index (χ1n) is 4.65. The quantitative estimate of drug-likeness (QED) is 0.722. The number of thiophene rings is 1. The van der Waals surface area contributed by atoms with Gasteiger partial charge in [-0.1, -0.05) is 16.1 Å². The number of hydrogen-bond acceptors (Lipinski definition) is 6. The molecule has 0 saturated heterocycles. The molecule has 0 bridgehead atoms. The van der Waals surface area contributed by atoms with Crippen molar-refractivity contribution >= 4 is 44.7 Å². The summed E-state index contributed by atoms with van der Waals surface area (Å²) in [4.78, 5) is 16.3. The van der Waals surface area contributed by atoms with Crippen molar-refractivity contribution < 1.29 is 0 Å². The summed E-state index contributed by atoms with van der Waals surface area (Å²) in [6.45, 7) is 0.301. The van der Waals surface area contributed by atoms with Crippen molar-refractivity contribution in [2.45, 2.75) is 6.54 Å². The van der Waals surface area contributed by atoms with Gasteiger partial charge < -0.3 is 0 Å². The number of hydrogen-bond donors (Lipinski definition) is 0. The molecule has 3 rings (SSSR count). The molecule has 0 spiro atoms. The van der Waals surface area contributed by atoms with Gasteiger partial charge in [0.2, 0.25) is 0 Å². The van der Waals surface area contributed by atoms with Gasteiger partial charge in [-0.3, -0.25) is 9.36 Å². The predicted molar refractivity (Wildman–Crippen MR) is 67.9 cm³/mol. The first-order chi connectivity index (χ1) is 8.25. The molecule has 8 heteroatoms. The molecule has 0 atom stereocenters. The van der Waals surface area contributed by atoms with Crippen LogP contribution in [0.5, 0.6) is 0 Å². The third-order valence-corrected chi connectivity index (χ3v) is 4.14. The van der Waals surface area contributed by atoms with Crippen LogP contribution in [-0.4, -0.2) is 19.1 Å². The lowest BCUT2D eigenvalue weighted by Gasteiger charge is -2.02. The van der Waals surface area contributed by atoms with Crippen molar-refractivity contribution in [3.05, 3.63) is 38.2 Å². The van der Waals surface area contributed by atoms with E-state index in [1.807, 2.05) is 11.4 Å². The summed E-state index contributed by atoms with van der Waals surface area (Å²) in [6, 6.07) is 1.82. The Morgan fingerprint density at radius 3 is 3.12 bits per heavy atom. The van der Waals surface area contributed by atoms with Crippen molar-refractivity contribution in [3.63, 3.8) is 0 Å². The van der Waals surface area contributed by atoms with Crippen molar-refractivity contribution in [1.29, 1.82) is 0 Å². The molecule has 5 nitrogen and oxygen atoms in total. The highest BCUT2D eigenvalue weighted by molar-refractivity contribution is 7.17. The Balaban J connectivity index is 2.09. The van der Waals surface area contributed by atoms with Crippen LogP contribution >= 0.6 is 34.5 Å². The van der Waals surface area contributed by atoms with E-state index in [0.717, 1.165) is 17.0 Å². The van der Waals surface area contributed by atoms with Gasteiger partial charge in [0, 0.05) is 11.5 Å². The maximum Gasteiger partial charge on any atom is 0.271 e. The first-order valence-corrected chi connectivity index (χ1v) is 6.68. The lowest BCUT2D eigenvalue weighted by atomic mass is 10.4. The maximum atomic E-state index is 12.1. The Hall–Kier alpha value is -1.31. The minimum atomic E-state index is -0.0749. The molecule has 0 N–H and O–H groups in total. The Bertz CT molecular complexity index is 732. The molecule has 17 heavy (non-hydrogen) atoms. The molecule has 0 aliphatic heterocycles. The molecule has 0 fully saturated rings. The second kappa shape index (κ2) is 4.17. The summed E-state index contributed by atoms with van der Waals surface area (Å²) >= 11 is 8.39. The SMILES string of the molecule is O=c1c2sccc2ncn1Cc1nnsc1Cl. The molecular weight excluding hydrogens is 280 g/mol. The third kappa shape index (κ3) is 1.86. The monoisotopic (exact) mass is 284 g/mol. The fourth-order valence-electron chi connectivity index (χ4n) is 1.44. The van der Waals surface area contributed by atoms with Crippen molar-refractivity contribution in [2.75, 3.05) is 0 Å². The van der Waals surface area contributed by atoms with Crippen LogP contribution in [0.3, 0.4) is 0 Å². The molecule has 3 aromatic heterocycles. The molecular formula is C9H5ClN4OS2. The molecule has 0 radical (unpaired) electrons. The molecule has 0 aliphatic rings. The fourth-order valence-corrected chi connectivity index (χ4v) is 2.85. The second-order valence-corrected chi connectivity index (χ2v) is 5.58. The molecule has 86 valence electrons. The summed E-state index contributed by atoms with van der Waals surface area (Å²) in [5, 5.41) is 5.72. The van der Waals surface area contributed by atoms with E-state index in [1.54, 1.807) is 0 Å². The molecule has 3 aromatic rings. The smallest absolute Gasteiger partial charge is 0.271 e. The van der Waals surface area contributed by atoms with Crippen LogP contribution in [0.25, 0.3) is 10.2 Å². The van der Waals surface area contributed by atoms with Crippen molar-refractivity contribution in [3.8, 4) is 0 Å². The molecule has 0 amide bonds. The van der Waals surface area contributed by atoms with E-state index < -0.39 is 0 Å². The zero-order valence-corrected chi connectivity index (χ0v) is 10.7. The lowest BCUT2D eigenvalue weighted by molar-refractivity contribution is 0.727. The van der Waals surface area contributed by atoms with Gasteiger partial charge in [0.1, 0.15) is 14.7 Å². The summed E-state index contributed by atoms with van der Waals surface area (Å²) in [7, 11) is 0. The van der Waals surface area contributed by atoms with Crippen LogP contribution in [-0.2, 0) is 6.54 Å². The van der Waals surface area contributed by atoms with E-state index in [0.29, 0.717) is 21.3 Å². The lowest BCUT2D eigenvalue weighted by Crippen LogP contribution is -2.20. The van der Waals surface area contributed by atoms with Crippen LogP contribution in [0.4, 0.5) is 0 Å². The van der Waals surface area contributed by atoms with E-state index in [2.05, 4.69) is 14.6 Å². The van der Waals surface area contributed by atoms with Crippen molar-refractivity contribution in [2.24, 2.45) is 0 Å². The number of aromatic nitrogens is 4. The number of halogens is 1. The summed E-state index contributed by atoms with van der Waals surface area (Å²) in [5.74, 6) is 0. The summed E-state index contributed by atoms with van der Waals surface area (Å²) in [6.07, 6.45) is 1.51. The Morgan fingerprint density at radius 1 is 1.47 bits per heavy atom. The molecule has 0 unspecified atom stereocenters. The average molecular weight is 285 g/mol. The minimum Gasteiger partial charge on any atom is -0.292 e. The van der Waals surface area contributed by atoms with E-state index >= 15 is 0 Å². The van der Waals surface area contributed by atoms with Gasteiger partial charge in [0.25, 0.3) is 5.56 Å². The standard InChI is InChI=1S/C9H5ClN4OS2/c10-8-6(12-13-17-8)3-14-4-11-5-1-2-16-7(5)9(14)15/h1-2,4H,3H2. The van der Waals surface area contributed by atoms with Crippen molar-refractivity contribution in [1.82, 2.24) is 19.1 Å². The van der Waals surface area contributed by atoms with Gasteiger partial charge in [0.05, 0.1) is 18.4 Å². The molecule has 3 heterocycles. The first kappa shape index (κ1) is 10.8. The highest BCUT2D eigenvalue weighted by Gasteiger charge is 2.10. The van der Waals surface area contributed by atoms with Gasteiger partial charge >= 0.3 is 0 Å². The van der Waals surface area contributed by atoms with E-state index in [1.165, 1.54) is 22.2 Å².